The highest BCUT2D eigenvalue weighted by molar-refractivity contribution is 5.86. The number of methoxy groups -OCH3 is 1. The first-order valence-electron chi connectivity index (χ1n) is 9.48. The number of hydrogen-bond donors (Lipinski definition) is 1. The quantitative estimate of drug-likeness (QED) is 0.872. The number of rotatable bonds is 5. The van der Waals surface area contributed by atoms with Gasteiger partial charge in [0.05, 0.1) is 7.11 Å². The van der Waals surface area contributed by atoms with Gasteiger partial charge >= 0.3 is 0 Å². The number of halogens is 1. The second-order valence-electron chi connectivity index (χ2n) is 7.78. The smallest absolute Gasteiger partial charge is 0.256 e. The van der Waals surface area contributed by atoms with Crippen LogP contribution in [0.25, 0.3) is 0 Å². The van der Waals surface area contributed by atoms with Crippen LogP contribution in [-0.2, 0) is 11.3 Å². The zero-order valence-electron chi connectivity index (χ0n) is 15.7. The molecular weight excluding hydrogens is 335 g/mol. The Balaban J connectivity index is 1.69. The monoisotopic (exact) mass is 364 g/mol. The second-order valence-corrected chi connectivity index (χ2v) is 7.78. The lowest BCUT2D eigenvalue weighted by Gasteiger charge is -2.42. The van der Waals surface area contributed by atoms with E-state index in [2.05, 4.69) is 11.8 Å². The van der Waals surface area contributed by atoms with Gasteiger partial charge in [0, 0.05) is 25.2 Å². The van der Waals surface area contributed by atoms with Crippen LogP contribution in [0, 0.1) is 11.7 Å². The van der Waals surface area contributed by atoms with Crippen LogP contribution in [-0.4, -0.2) is 59.7 Å². The fourth-order valence-electron chi connectivity index (χ4n) is 3.96. The van der Waals surface area contributed by atoms with Gasteiger partial charge < -0.3 is 14.7 Å². The van der Waals surface area contributed by atoms with E-state index in [0.717, 1.165) is 32.4 Å². The van der Waals surface area contributed by atoms with Gasteiger partial charge in [-0.05, 0) is 62.9 Å². The molecule has 2 heterocycles. The molecule has 0 radical (unpaired) electrons. The summed E-state index contributed by atoms with van der Waals surface area (Å²) in [4.78, 5) is 16.7. The number of nitrogens with zero attached hydrogens (tertiary/aromatic N) is 2. The first-order valence-corrected chi connectivity index (χ1v) is 9.48. The van der Waals surface area contributed by atoms with Crippen molar-refractivity contribution < 1.29 is 19.0 Å². The summed E-state index contributed by atoms with van der Waals surface area (Å²) in [7, 11) is 1.53. The van der Waals surface area contributed by atoms with Crippen LogP contribution in [0.4, 0.5) is 4.39 Å². The van der Waals surface area contributed by atoms with E-state index in [1.165, 1.54) is 13.2 Å². The minimum absolute atomic E-state index is 0.154. The number of carbonyl (C=O) groups excluding carboxylic acids is 1. The molecule has 1 amide bonds. The number of aliphatic hydroxyl groups is 1. The SMILES string of the molecule is COc1ccc(F)c(CN2CCCC(O)(CN3CCC(C)CC3)C2=O)c1. The predicted molar refractivity (Wildman–Crippen MR) is 97.4 cm³/mol. The highest BCUT2D eigenvalue weighted by atomic mass is 19.1. The van der Waals surface area contributed by atoms with E-state index >= 15 is 0 Å². The number of carbonyl (C=O) groups is 1. The molecule has 26 heavy (non-hydrogen) atoms. The predicted octanol–water partition coefficient (Wildman–Crippen LogP) is 2.42. The van der Waals surface area contributed by atoms with Gasteiger partial charge in [-0.15, -0.1) is 0 Å². The molecule has 1 N–H and O–H groups in total. The number of amides is 1. The fraction of sp³-hybridized carbons (Fsp3) is 0.650. The van der Waals surface area contributed by atoms with Crippen molar-refractivity contribution in [1.29, 1.82) is 0 Å². The Kier molecular flexibility index (Phi) is 5.82. The zero-order chi connectivity index (χ0) is 18.7. The Bertz CT molecular complexity index is 646. The van der Waals surface area contributed by atoms with Crippen LogP contribution in [0.1, 0.15) is 38.2 Å². The van der Waals surface area contributed by atoms with E-state index in [1.807, 2.05) is 0 Å². The van der Waals surface area contributed by atoms with Gasteiger partial charge in [-0.2, -0.15) is 0 Å². The number of β-amino-alcohol motifs (C(OH)–C–C–N with tert-alkyl or cyclic N) is 1. The first-order chi connectivity index (χ1) is 12.4. The molecule has 144 valence electrons. The van der Waals surface area contributed by atoms with Crippen LogP contribution in [0.5, 0.6) is 5.75 Å². The minimum atomic E-state index is -1.37. The van der Waals surface area contributed by atoms with Gasteiger partial charge in [0.1, 0.15) is 11.6 Å². The zero-order valence-corrected chi connectivity index (χ0v) is 15.7. The summed E-state index contributed by atoms with van der Waals surface area (Å²) in [5.41, 5.74) is -0.956. The van der Waals surface area contributed by atoms with Crippen molar-refractivity contribution in [2.75, 3.05) is 33.3 Å². The van der Waals surface area contributed by atoms with Crippen molar-refractivity contribution >= 4 is 5.91 Å². The third-order valence-corrected chi connectivity index (χ3v) is 5.68. The summed E-state index contributed by atoms with van der Waals surface area (Å²) in [6, 6.07) is 4.52. The summed E-state index contributed by atoms with van der Waals surface area (Å²) in [6.07, 6.45) is 3.39. The van der Waals surface area contributed by atoms with E-state index < -0.39 is 5.60 Å². The third kappa shape index (κ3) is 4.18. The maximum atomic E-state index is 14.1. The maximum absolute atomic E-state index is 14.1. The van der Waals surface area contributed by atoms with Gasteiger partial charge in [-0.1, -0.05) is 6.92 Å². The Morgan fingerprint density at radius 3 is 2.73 bits per heavy atom. The highest BCUT2D eigenvalue weighted by Gasteiger charge is 2.43. The van der Waals surface area contributed by atoms with Crippen LogP contribution in [0.2, 0.25) is 0 Å². The Labute approximate surface area is 154 Å². The number of benzene rings is 1. The first kappa shape index (κ1) is 19.1. The van der Waals surface area contributed by atoms with E-state index in [1.54, 1.807) is 17.0 Å². The molecule has 0 bridgehead atoms. The van der Waals surface area contributed by atoms with Crippen LogP contribution >= 0.6 is 0 Å². The molecule has 0 aliphatic carbocycles. The summed E-state index contributed by atoms with van der Waals surface area (Å²) in [5, 5.41) is 11.0. The lowest BCUT2D eigenvalue weighted by Crippen LogP contribution is -2.59. The van der Waals surface area contributed by atoms with Gasteiger partial charge in [0.2, 0.25) is 0 Å². The van der Waals surface area contributed by atoms with Gasteiger partial charge in [0.25, 0.3) is 5.91 Å². The Morgan fingerprint density at radius 2 is 2.04 bits per heavy atom. The molecule has 2 aliphatic rings. The third-order valence-electron chi connectivity index (χ3n) is 5.68. The molecular formula is C20H29FN2O3. The normalized spacial score (nSPS) is 25.5. The van der Waals surface area contributed by atoms with E-state index in [4.69, 9.17) is 4.74 Å². The lowest BCUT2D eigenvalue weighted by atomic mass is 9.89. The molecule has 1 aromatic carbocycles. The molecule has 1 aromatic rings. The van der Waals surface area contributed by atoms with Crippen molar-refractivity contribution in [3.63, 3.8) is 0 Å². The van der Waals surface area contributed by atoms with Crippen molar-refractivity contribution in [1.82, 2.24) is 9.80 Å². The molecule has 5 nitrogen and oxygen atoms in total. The van der Waals surface area contributed by atoms with Crippen LogP contribution < -0.4 is 4.74 Å². The standard InChI is InChI=1S/C20H29FN2O3/c1-15-6-10-22(11-7-15)14-20(25)8-3-9-23(19(20)24)13-16-12-17(26-2)4-5-18(16)21/h4-5,12,15,25H,3,6-11,13-14H2,1-2H3. The van der Waals surface area contributed by atoms with Gasteiger partial charge in [-0.25, -0.2) is 4.39 Å². The summed E-state index contributed by atoms with van der Waals surface area (Å²) in [6.45, 7) is 5.14. The van der Waals surface area contributed by atoms with E-state index in [0.29, 0.717) is 36.7 Å². The van der Waals surface area contributed by atoms with Crippen molar-refractivity contribution in [3.8, 4) is 5.75 Å². The topological polar surface area (TPSA) is 53.0 Å². The summed E-state index contributed by atoms with van der Waals surface area (Å²) >= 11 is 0. The van der Waals surface area contributed by atoms with E-state index in [-0.39, 0.29) is 18.3 Å². The molecule has 0 saturated carbocycles. The average Bonchev–Trinajstić information content (AvgIpc) is 2.63. The van der Waals surface area contributed by atoms with Crippen molar-refractivity contribution in [2.45, 2.75) is 44.8 Å². The summed E-state index contributed by atoms with van der Waals surface area (Å²) < 4.78 is 19.3. The van der Waals surface area contributed by atoms with Crippen molar-refractivity contribution in [2.24, 2.45) is 5.92 Å². The number of hydrogen-bond acceptors (Lipinski definition) is 4. The van der Waals surface area contributed by atoms with E-state index in [9.17, 15) is 14.3 Å². The highest BCUT2D eigenvalue weighted by Crippen LogP contribution is 2.28. The number of likely N-dealkylation sites (tertiary alicyclic amines) is 2. The molecule has 1 unspecified atom stereocenters. The molecule has 2 saturated heterocycles. The van der Waals surface area contributed by atoms with Crippen LogP contribution in [0.3, 0.4) is 0 Å². The summed E-state index contributed by atoms with van der Waals surface area (Å²) in [5.74, 6) is 0.612. The average molecular weight is 364 g/mol. The molecule has 2 fully saturated rings. The molecule has 0 aromatic heterocycles. The van der Waals surface area contributed by atoms with Gasteiger partial charge in [-0.3, -0.25) is 9.69 Å². The minimum Gasteiger partial charge on any atom is -0.497 e. The lowest BCUT2D eigenvalue weighted by molar-refractivity contribution is -0.160. The number of piperidine rings is 2. The van der Waals surface area contributed by atoms with Crippen LogP contribution in [0.15, 0.2) is 18.2 Å². The number of ether oxygens (including phenoxy) is 1. The maximum Gasteiger partial charge on any atom is 0.256 e. The molecule has 3 rings (SSSR count). The Morgan fingerprint density at radius 1 is 1.31 bits per heavy atom. The second kappa shape index (κ2) is 7.92. The largest absolute Gasteiger partial charge is 0.497 e. The van der Waals surface area contributed by atoms with Crippen molar-refractivity contribution in [3.05, 3.63) is 29.6 Å². The van der Waals surface area contributed by atoms with Gasteiger partial charge in [0.15, 0.2) is 5.60 Å². The fourth-order valence-corrected chi connectivity index (χ4v) is 3.96. The molecule has 1 atom stereocenters. The molecule has 0 spiro atoms. The molecule has 6 heteroatoms. The Hall–Kier alpha value is -1.66. The molecule has 2 aliphatic heterocycles.